The van der Waals surface area contributed by atoms with Crippen LogP contribution < -0.4 is 4.90 Å². The second-order valence-electron chi connectivity index (χ2n) is 12.1. The predicted octanol–water partition coefficient (Wildman–Crippen LogP) is 5.97. The number of hydrogen-bond acceptors (Lipinski definition) is 7. The molecule has 7 rings (SSSR count). The minimum absolute atomic E-state index is 0.0720. The maximum absolute atomic E-state index is 17.0. The number of anilines is 1. The van der Waals surface area contributed by atoms with Gasteiger partial charge in [-0.1, -0.05) is 36.4 Å². The van der Waals surface area contributed by atoms with Crippen molar-refractivity contribution in [2.45, 2.75) is 37.4 Å². The molecule has 11 heteroatoms. The van der Waals surface area contributed by atoms with E-state index < -0.39 is 5.82 Å². The van der Waals surface area contributed by atoms with Crippen molar-refractivity contribution in [2.75, 3.05) is 38.6 Å². The summed E-state index contributed by atoms with van der Waals surface area (Å²) in [6, 6.07) is 11.6. The highest BCUT2D eigenvalue weighted by Gasteiger charge is 2.35. The van der Waals surface area contributed by atoms with Crippen LogP contribution in [-0.2, 0) is 4.79 Å². The van der Waals surface area contributed by atoms with Crippen molar-refractivity contribution in [3.05, 3.63) is 72.5 Å². The third-order valence-electron chi connectivity index (χ3n) is 9.38. The van der Waals surface area contributed by atoms with Crippen LogP contribution in [0.1, 0.15) is 25.3 Å². The zero-order valence-electron chi connectivity index (χ0n) is 25.1. The first-order valence-corrected chi connectivity index (χ1v) is 15.4. The number of fused-ring (bicyclic) bond motifs is 4. The summed E-state index contributed by atoms with van der Waals surface area (Å²) in [5, 5.41) is 12.1. The van der Waals surface area contributed by atoms with Crippen LogP contribution in [0.2, 0.25) is 5.02 Å². The second-order valence-corrected chi connectivity index (χ2v) is 12.5. The fourth-order valence-corrected chi connectivity index (χ4v) is 7.16. The molecular weight excluding hydrogens is 591 g/mol. The van der Waals surface area contributed by atoms with Gasteiger partial charge < -0.3 is 19.3 Å². The van der Waals surface area contributed by atoms with E-state index in [9.17, 15) is 10.1 Å². The molecule has 5 heterocycles. The Hall–Kier alpha value is -4.59. The van der Waals surface area contributed by atoms with Crippen LogP contribution in [0, 0.1) is 17.1 Å². The van der Waals surface area contributed by atoms with Crippen LogP contribution in [-0.4, -0.2) is 81.0 Å². The van der Waals surface area contributed by atoms with E-state index in [1.54, 1.807) is 29.7 Å². The van der Waals surface area contributed by atoms with Gasteiger partial charge in [0.15, 0.2) is 11.6 Å². The lowest BCUT2D eigenvalue weighted by Crippen LogP contribution is -2.57. The van der Waals surface area contributed by atoms with Crippen LogP contribution in [0.4, 0.5) is 10.2 Å². The lowest BCUT2D eigenvalue weighted by Gasteiger charge is -2.43. The number of benzene rings is 2. The van der Waals surface area contributed by atoms with Gasteiger partial charge in [-0.25, -0.2) is 14.4 Å². The predicted molar refractivity (Wildman–Crippen MR) is 175 cm³/mol. The van der Waals surface area contributed by atoms with Crippen LogP contribution in [0.15, 0.2) is 61.7 Å². The Labute approximate surface area is 265 Å². The van der Waals surface area contributed by atoms with Gasteiger partial charge in [0, 0.05) is 66.5 Å². The first-order chi connectivity index (χ1) is 21.8. The molecule has 2 atom stereocenters. The first kappa shape index (κ1) is 29.1. The van der Waals surface area contributed by atoms with E-state index in [2.05, 4.69) is 32.0 Å². The molecule has 2 aliphatic heterocycles. The highest BCUT2D eigenvalue weighted by molar-refractivity contribution is 6.35. The normalized spacial score (nSPS) is 18.9. The zero-order valence-corrected chi connectivity index (χ0v) is 25.9. The number of nitriles is 1. The maximum atomic E-state index is 17.0. The lowest BCUT2D eigenvalue weighted by molar-refractivity contribution is -0.130. The van der Waals surface area contributed by atoms with E-state index in [-0.39, 0.29) is 40.5 Å². The number of pyridine rings is 2. The molecule has 0 spiro atoms. The number of likely N-dealkylation sites (tertiary alicyclic amines) is 1. The summed E-state index contributed by atoms with van der Waals surface area (Å²) in [5.74, 6) is -0.0449. The number of piperidine rings is 1. The first-order valence-electron chi connectivity index (χ1n) is 15.0. The molecule has 9 nitrogen and oxygen atoms in total. The van der Waals surface area contributed by atoms with Gasteiger partial charge in [-0.3, -0.25) is 9.78 Å². The number of hydrogen-bond donors (Lipinski definition) is 0. The number of halogens is 2. The summed E-state index contributed by atoms with van der Waals surface area (Å²) in [6.45, 7) is 5.61. The smallest absolute Gasteiger partial charge is 0.246 e. The summed E-state index contributed by atoms with van der Waals surface area (Å²) in [4.78, 5) is 32.7. The fourth-order valence-electron chi connectivity index (χ4n) is 6.87. The third kappa shape index (κ3) is 4.78. The molecule has 0 radical (unpaired) electrons. The molecule has 0 bridgehead atoms. The number of carbonyl (C=O) groups excluding carboxylic acids is 1. The van der Waals surface area contributed by atoms with Crippen molar-refractivity contribution in [1.29, 1.82) is 5.26 Å². The number of carbonyl (C=O) groups is 1. The summed E-state index contributed by atoms with van der Waals surface area (Å²) in [7, 11) is 4.10. The largest absolute Gasteiger partial charge is 0.351 e. The van der Waals surface area contributed by atoms with E-state index in [0.717, 1.165) is 29.4 Å². The van der Waals surface area contributed by atoms with E-state index >= 15 is 4.39 Å². The molecule has 45 heavy (non-hydrogen) atoms. The van der Waals surface area contributed by atoms with Gasteiger partial charge in [0.1, 0.15) is 11.0 Å². The lowest BCUT2D eigenvalue weighted by atomic mass is 9.94. The minimum atomic E-state index is -0.497. The SMILES string of the molecule is C=CC(=O)N1CCC(n2cnc3c(N4CC(N(C)C)C4)nc4c(F)c(-c5cccc6ccncc56)c(Cl)cc4c32)CC1CC#N. The average molecular weight is 623 g/mol. The summed E-state index contributed by atoms with van der Waals surface area (Å²) in [6.07, 6.45) is 7.93. The molecule has 228 valence electrons. The van der Waals surface area contributed by atoms with Gasteiger partial charge in [-0.15, -0.1) is 0 Å². The zero-order chi connectivity index (χ0) is 31.4. The molecule has 2 fully saturated rings. The van der Waals surface area contributed by atoms with Gasteiger partial charge >= 0.3 is 0 Å². The quantitative estimate of drug-likeness (QED) is 0.215. The molecular formula is C34H32ClFN8O. The number of nitrogens with zero attached hydrogens (tertiary/aromatic N) is 8. The van der Waals surface area contributed by atoms with Crippen molar-refractivity contribution in [3.8, 4) is 17.2 Å². The highest BCUT2D eigenvalue weighted by Crippen LogP contribution is 2.43. The Kier molecular flexibility index (Phi) is 7.38. The van der Waals surface area contributed by atoms with Crippen molar-refractivity contribution in [2.24, 2.45) is 0 Å². The van der Waals surface area contributed by atoms with E-state index in [1.807, 2.05) is 38.4 Å². The van der Waals surface area contributed by atoms with Crippen LogP contribution >= 0.6 is 11.6 Å². The summed E-state index contributed by atoms with van der Waals surface area (Å²) >= 11 is 6.95. The molecule has 0 aliphatic carbocycles. The highest BCUT2D eigenvalue weighted by atomic mass is 35.5. The standard InChI is InChI=1S/C34H32ClFN8O/c1-4-28(45)43-13-10-22(14-21(43)8-11-37)44-19-39-32-33(44)25-15-27(35)29(24-7-5-6-20-9-12-38-16-26(20)24)30(36)31(25)40-34(32)42-17-23(18-42)41(2)3/h4-7,9,12,15-16,19,21-23H,1,8,10,13-14,17-18H2,2-3H3. The van der Waals surface area contributed by atoms with Gasteiger partial charge in [0.05, 0.1) is 29.4 Å². The maximum Gasteiger partial charge on any atom is 0.246 e. The summed E-state index contributed by atoms with van der Waals surface area (Å²) < 4.78 is 19.0. The molecule has 2 unspecified atom stereocenters. The Morgan fingerprint density at radius 3 is 2.82 bits per heavy atom. The third-order valence-corrected chi connectivity index (χ3v) is 9.68. The average Bonchev–Trinajstić information content (AvgIpc) is 3.46. The van der Waals surface area contributed by atoms with Crippen LogP contribution in [0.5, 0.6) is 0 Å². The Morgan fingerprint density at radius 2 is 2.07 bits per heavy atom. The Morgan fingerprint density at radius 1 is 1.24 bits per heavy atom. The summed E-state index contributed by atoms with van der Waals surface area (Å²) in [5.41, 5.74) is 2.59. The molecule has 2 aliphatic rings. The minimum Gasteiger partial charge on any atom is -0.351 e. The van der Waals surface area contributed by atoms with E-state index in [1.165, 1.54) is 6.08 Å². The number of aromatic nitrogens is 4. The van der Waals surface area contributed by atoms with Crippen LogP contribution in [0.3, 0.4) is 0 Å². The van der Waals surface area contributed by atoms with E-state index in [4.69, 9.17) is 21.6 Å². The topological polar surface area (TPSA) is 94.2 Å². The van der Waals surface area contributed by atoms with Crippen molar-refractivity contribution < 1.29 is 9.18 Å². The van der Waals surface area contributed by atoms with Gasteiger partial charge in [0.25, 0.3) is 0 Å². The number of imidazole rings is 1. The van der Waals surface area contributed by atoms with Crippen molar-refractivity contribution in [1.82, 2.24) is 29.3 Å². The van der Waals surface area contributed by atoms with Crippen LogP contribution in [0.25, 0.3) is 43.8 Å². The van der Waals surface area contributed by atoms with E-state index in [0.29, 0.717) is 47.7 Å². The molecule has 3 aromatic heterocycles. The number of amides is 1. The Bertz CT molecular complexity index is 2020. The second kappa shape index (κ2) is 11.4. The molecule has 1 amide bonds. The molecule has 2 saturated heterocycles. The number of likely N-dealkylation sites (N-methyl/N-ethyl adjacent to an activating group) is 1. The van der Waals surface area contributed by atoms with Crippen molar-refractivity contribution >= 4 is 56.0 Å². The Balaban J connectivity index is 1.43. The van der Waals surface area contributed by atoms with Gasteiger partial charge in [-0.2, -0.15) is 5.26 Å². The number of rotatable bonds is 6. The molecule has 2 aromatic carbocycles. The van der Waals surface area contributed by atoms with Crippen molar-refractivity contribution in [3.63, 3.8) is 0 Å². The molecule has 5 aromatic rings. The van der Waals surface area contributed by atoms with Gasteiger partial charge in [-0.05, 0) is 56.1 Å². The fraction of sp³-hybridized carbons (Fsp3) is 0.324. The monoisotopic (exact) mass is 622 g/mol. The molecule has 0 N–H and O–H groups in total. The van der Waals surface area contributed by atoms with Gasteiger partial charge in [0.2, 0.25) is 5.91 Å². The molecule has 0 saturated carbocycles.